The minimum atomic E-state index is -0.0932. The van der Waals surface area contributed by atoms with E-state index < -0.39 is 0 Å². The summed E-state index contributed by atoms with van der Waals surface area (Å²) in [5.41, 5.74) is 2.26. The Balaban J connectivity index is 3.31. The molecule has 0 bridgehead atoms. The Labute approximate surface area is 88.5 Å². The molecular formula is C11H13ClO2. The molecule has 0 saturated heterocycles. The third-order valence-electron chi connectivity index (χ3n) is 2.20. The van der Waals surface area contributed by atoms with E-state index >= 15 is 0 Å². The summed E-state index contributed by atoms with van der Waals surface area (Å²) in [6.07, 6.45) is 0.763. The van der Waals surface area contributed by atoms with E-state index in [4.69, 9.17) is 16.7 Å². The van der Waals surface area contributed by atoms with Gasteiger partial charge in [-0.15, -0.1) is 0 Å². The predicted molar refractivity (Wildman–Crippen MR) is 56.8 cm³/mol. The van der Waals surface area contributed by atoms with Crippen molar-refractivity contribution in [3.8, 4) is 0 Å². The summed E-state index contributed by atoms with van der Waals surface area (Å²) >= 11 is 5.89. The monoisotopic (exact) mass is 212 g/mol. The van der Waals surface area contributed by atoms with Crippen LogP contribution < -0.4 is 0 Å². The number of aryl methyl sites for hydroxylation is 1. The van der Waals surface area contributed by atoms with Crippen molar-refractivity contribution in [2.75, 3.05) is 0 Å². The van der Waals surface area contributed by atoms with E-state index in [0.29, 0.717) is 16.1 Å². The van der Waals surface area contributed by atoms with Crippen molar-refractivity contribution in [2.24, 2.45) is 0 Å². The third kappa shape index (κ3) is 2.14. The number of halogens is 1. The molecule has 1 N–H and O–H groups in total. The zero-order valence-electron chi connectivity index (χ0n) is 8.30. The van der Waals surface area contributed by atoms with Crippen LogP contribution in [0.1, 0.15) is 35.3 Å². The lowest BCUT2D eigenvalue weighted by Crippen LogP contribution is -2.01. The second-order valence-electron chi connectivity index (χ2n) is 3.17. The Morgan fingerprint density at radius 3 is 2.50 bits per heavy atom. The first-order chi connectivity index (χ1) is 6.60. The van der Waals surface area contributed by atoms with Crippen molar-refractivity contribution in [2.45, 2.75) is 26.9 Å². The summed E-state index contributed by atoms with van der Waals surface area (Å²) in [6, 6.07) is 3.42. The van der Waals surface area contributed by atoms with Gasteiger partial charge in [-0.05, 0) is 30.5 Å². The van der Waals surface area contributed by atoms with Crippen LogP contribution in [0.25, 0.3) is 0 Å². The van der Waals surface area contributed by atoms with Crippen LogP contribution in [0.4, 0.5) is 0 Å². The number of Topliss-reactive ketones (excluding diaryl/α,β-unsaturated/α-hetero) is 1. The number of hydrogen-bond acceptors (Lipinski definition) is 2. The normalized spacial score (nSPS) is 10.3. The van der Waals surface area contributed by atoms with E-state index in [1.165, 1.54) is 6.92 Å². The van der Waals surface area contributed by atoms with Gasteiger partial charge < -0.3 is 5.11 Å². The second kappa shape index (κ2) is 4.58. The topological polar surface area (TPSA) is 37.3 Å². The first-order valence-electron chi connectivity index (χ1n) is 4.53. The molecule has 0 atom stereocenters. The highest BCUT2D eigenvalue weighted by Crippen LogP contribution is 2.22. The standard InChI is InChI=1S/C11H13ClO2/c1-3-8-4-9(6-13)11(12)5-10(8)7(2)14/h4-5,13H,3,6H2,1-2H3. The summed E-state index contributed by atoms with van der Waals surface area (Å²) in [6.45, 7) is 3.39. The van der Waals surface area contributed by atoms with Gasteiger partial charge in [-0.1, -0.05) is 24.6 Å². The highest BCUT2D eigenvalue weighted by atomic mass is 35.5. The van der Waals surface area contributed by atoms with Crippen molar-refractivity contribution < 1.29 is 9.90 Å². The molecule has 1 aromatic carbocycles. The number of benzene rings is 1. The van der Waals surface area contributed by atoms with Crippen LogP contribution in [-0.4, -0.2) is 10.9 Å². The zero-order valence-corrected chi connectivity index (χ0v) is 9.06. The average Bonchev–Trinajstić information content (AvgIpc) is 2.17. The van der Waals surface area contributed by atoms with Gasteiger partial charge in [0.1, 0.15) is 0 Å². The molecule has 1 aromatic rings. The molecule has 0 spiro atoms. The van der Waals surface area contributed by atoms with Gasteiger partial charge in [0.15, 0.2) is 5.78 Å². The summed E-state index contributed by atoms with van der Waals surface area (Å²) in [5.74, 6) is 0.00763. The number of aliphatic hydroxyl groups excluding tert-OH is 1. The maximum atomic E-state index is 11.3. The van der Waals surface area contributed by atoms with Gasteiger partial charge in [0.25, 0.3) is 0 Å². The van der Waals surface area contributed by atoms with Gasteiger partial charge in [-0.3, -0.25) is 4.79 Å². The molecule has 0 amide bonds. The fraction of sp³-hybridized carbons (Fsp3) is 0.364. The van der Waals surface area contributed by atoms with E-state index in [2.05, 4.69) is 0 Å². The molecule has 14 heavy (non-hydrogen) atoms. The lowest BCUT2D eigenvalue weighted by molar-refractivity contribution is 0.101. The van der Waals surface area contributed by atoms with E-state index in [1.54, 1.807) is 12.1 Å². The first kappa shape index (κ1) is 11.2. The molecule has 3 heteroatoms. The third-order valence-corrected chi connectivity index (χ3v) is 2.55. The minimum Gasteiger partial charge on any atom is -0.392 e. The maximum Gasteiger partial charge on any atom is 0.160 e. The van der Waals surface area contributed by atoms with Crippen LogP contribution in [0, 0.1) is 0 Å². The smallest absolute Gasteiger partial charge is 0.160 e. The molecule has 0 radical (unpaired) electrons. The van der Waals surface area contributed by atoms with Crippen molar-refractivity contribution in [1.29, 1.82) is 0 Å². The number of carbonyl (C=O) groups is 1. The van der Waals surface area contributed by atoms with Crippen LogP contribution in [0.5, 0.6) is 0 Å². The first-order valence-corrected chi connectivity index (χ1v) is 4.91. The summed E-state index contributed by atoms with van der Waals surface area (Å²) in [5, 5.41) is 9.45. The Hall–Kier alpha value is -0.860. The van der Waals surface area contributed by atoms with Gasteiger partial charge in [-0.2, -0.15) is 0 Å². The average molecular weight is 213 g/mol. The van der Waals surface area contributed by atoms with Crippen molar-refractivity contribution in [1.82, 2.24) is 0 Å². The Morgan fingerprint density at radius 2 is 2.07 bits per heavy atom. The number of aliphatic hydroxyl groups is 1. The summed E-state index contributed by atoms with van der Waals surface area (Å²) in [7, 11) is 0. The van der Waals surface area contributed by atoms with E-state index in [0.717, 1.165) is 12.0 Å². The van der Waals surface area contributed by atoms with Crippen molar-refractivity contribution >= 4 is 17.4 Å². The van der Waals surface area contributed by atoms with Crippen LogP contribution in [-0.2, 0) is 13.0 Å². The summed E-state index contributed by atoms with van der Waals surface area (Å²) < 4.78 is 0. The molecule has 0 aliphatic carbocycles. The highest BCUT2D eigenvalue weighted by molar-refractivity contribution is 6.31. The van der Waals surface area contributed by atoms with Gasteiger partial charge in [0, 0.05) is 10.6 Å². The molecule has 0 unspecified atom stereocenters. The maximum absolute atomic E-state index is 11.3. The lowest BCUT2D eigenvalue weighted by Gasteiger charge is -2.08. The zero-order chi connectivity index (χ0) is 10.7. The Bertz CT molecular complexity index is 359. The number of rotatable bonds is 3. The number of carbonyl (C=O) groups excluding carboxylic acids is 1. The molecule has 0 aromatic heterocycles. The molecule has 0 aliphatic rings. The highest BCUT2D eigenvalue weighted by Gasteiger charge is 2.10. The van der Waals surface area contributed by atoms with Gasteiger partial charge in [0.2, 0.25) is 0 Å². The fourth-order valence-corrected chi connectivity index (χ4v) is 1.63. The molecule has 0 saturated carbocycles. The van der Waals surface area contributed by atoms with Crippen molar-refractivity contribution in [3.63, 3.8) is 0 Å². The number of hydrogen-bond donors (Lipinski definition) is 1. The largest absolute Gasteiger partial charge is 0.392 e. The molecule has 0 heterocycles. The van der Waals surface area contributed by atoms with Crippen LogP contribution >= 0.6 is 11.6 Å². The van der Waals surface area contributed by atoms with E-state index in [-0.39, 0.29) is 12.4 Å². The van der Waals surface area contributed by atoms with Crippen LogP contribution in [0.3, 0.4) is 0 Å². The molecule has 76 valence electrons. The van der Waals surface area contributed by atoms with Gasteiger partial charge >= 0.3 is 0 Å². The van der Waals surface area contributed by atoms with Gasteiger partial charge in [0.05, 0.1) is 6.61 Å². The molecule has 2 nitrogen and oxygen atoms in total. The van der Waals surface area contributed by atoms with Crippen LogP contribution in [0.15, 0.2) is 12.1 Å². The predicted octanol–water partition coefficient (Wildman–Crippen LogP) is 2.60. The van der Waals surface area contributed by atoms with Crippen molar-refractivity contribution in [3.05, 3.63) is 33.8 Å². The SMILES string of the molecule is CCc1cc(CO)c(Cl)cc1C(C)=O. The summed E-state index contributed by atoms with van der Waals surface area (Å²) in [4.78, 5) is 11.3. The van der Waals surface area contributed by atoms with E-state index in [1.807, 2.05) is 6.92 Å². The Morgan fingerprint density at radius 1 is 1.43 bits per heavy atom. The molecule has 0 fully saturated rings. The number of ketones is 1. The molecule has 1 rings (SSSR count). The molecular weight excluding hydrogens is 200 g/mol. The molecule has 0 aliphatic heterocycles. The van der Waals surface area contributed by atoms with E-state index in [9.17, 15) is 4.79 Å². The quantitative estimate of drug-likeness (QED) is 0.783. The fourth-order valence-electron chi connectivity index (χ4n) is 1.41. The lowest BCUT2D eigenvalue weighted by atomic mass is 9.99. The van der Waals surface area contributed by atoms with Gasteiger partial charge in [-0.25, -0.2) is 0 Å². The van der Waals surface area contributed by atoms with Crippen LogP contribution in [0.2, 0.25) is 5.02 Å². The second-order valence-corrected chi connectivity index (χ2v) is 3.58. The minimum absolute atomic E-state index is 0.00763. The Kier molecular flexibility index (Phi) is 3.67.